The van der Waals surface area contributed by atoms with E-state index in [1.165, 1.54) is 5.56 Å². The molecule has 0 saturated heterocycles. The zero-order valence-corrected chi connectivity index (χ0v) is 11.1. The summed E-state index contributed by atoms with van der Waals surface area (Å²) < 4.78 is 10.2. The maximum Gasteiger partial charge on any atom is 0.173 e. The van der Waals surface area contributed by atoms with E-state index in [-0.39, 0.29) is 6.29 Å². The van der Waals surface area contributed by atoms with Gasteiger partial charge in [-0.3, -0.25) is 0 Å². The molecule has 4 nitrogen and oxygen atoms in total. The lowest BCUT2D eigenvalue weighted by molar-refractivity contribution is -0.0914. The summed E-state index contributed by atoms with van der Waals surface area (Å²) in [7, 11) is 7.40. The Hall–Kier alpha value is -1.10. The zero-order chi connectivity index (χ0) is 12.7. The Kier molecular flexibility index (Phi) is 5.97. The Bertz CT molecular complexity index is 308. The van der Waals surface area contributed by atoms with Crippen LogP contribution in [0.4, 0.5) is 5.69 Å². The van der Waals surface area contributed by atoms with Crippen LogP contribution in [0.3, 0.4) is 0 Å². The second kappa shape index (κ2) is 7.27. The number of nitrogens with one attached hydrogen (secondary N) is 1. The van der Waals surface area contributed by atoms with Crippen molar-refractivity contribution in [2.45, 2.75) is 12.8 Å². The smallest absolute Gasteiger partial charge is 0.173 e. The molecule has 0 spiro atoms. The van der Waals surface area contributed by atoms with E-state index in [0.29, 0.717) is 6.54 Å². The minimum absolute atomic E-state index is 0.212. The summed E-state index contributed by atoms with van der Waals surface area (Å²) in [4.78, 5) is 2.15. The number of hydrogen-bond donors (Lipinski definition) is 1. The van der Waals surface area contributed by atoms with Crippen LogP contribution < -0.4 is 5.32 Å². The van der Waals surface area contributed by atoms with E-state index in [1.807, 2.05) is 0 Å². The molecule has 0 fully saturated rings. The molecule has 4 heteroatoms. The third-order valence-electron chi connectivity index (χ3n) is 2.45. The molecule has 0 saturated carbocycles. The molecular formula is C13H22N2O2. The van der Waals surface area contributed by atoms with Crippen molar-refractivity contribution in [1.29, 1.82) is 0 Å². The predicted molar refractivity (Wildman–Crippen MR) is 70.1 cm³/mol. The molecule has 0 amide bonds. The van der Waals surface area contributed by atoms with Crippen molar-refractivity contribution in [2.24, 2.45) is 0 Å². The standard InChI is InChI=1S/C13H22N2O2/c1-15(2)10-11-5-7-12(8-6-11)14-9-13(16-3)17-4/h5-8,13-14H,9-10H2,1-4H3. The van der Waals surface area contributed by atoms with Gasteiger partial charge in [-0.05, 0) is 31.8 Å². The van der Waals surface area contributed by atoms with E-state index in [1.54, 1.807) is 14.2 Å². The largest absolute Gasteiger partial charge is 0.380 e. The molecule has 0 atom stereocenters. The molecule has 96 valence electrons. The third-order valence-corrected chi connectivity index (χ3v) is 2.45. The van der Waals surface area contributed by atoms with Crippen LogP contribution in [0.5, 0.6) is 0 Å². The Morgan fingerprint density at radius 2 is 1.71 bits per heavy atom. The highest BCUT2D eigenvalue weighted by Gasteiger charge is 2.03. The van der Waals surface area contributed by atoms with E-state index in [2.05, 4.69) is 48.6 Å². The summed E-state index contributed by atoms with van der Waals surface area (Å²) in [5.74, 6) is 0. The van der Waals surface area contributed by atoms with Crippen molar-refractivity contribution < 1.29 is 9.47 Å². The van der Waals surface area contributed by atoms with Crippen LogP contribution >= 0.6 is 0 Å². The molecule has 0 aliphatic heterocycles. The number of anilines is 1. The van der Waals surface area contributed by atoms with E-state index < -0.39 is 0 Å². The van der Waals surface area contributed by atoms with Gasteiger partial charge in [0.25, 0.3) is 0 Å². The lowest BCUT2D eigenvalue weighted by atomic mass is 10.2. The van der Waals surface area contributed by atoms with Gasteiger partial charge in [-0.1, -0.05) is 12.1 Å². The fourth-order valence-electron chi connectivity index (χ4n) is 1.56. The highest BCUT2D eigenvalue weighted by Crippen LogP contribution is 2.10. The first-order valence-corrected chi connectivity index (χ1v) is 5.69. The SMILES string of the molecule is COC(CNc1ccc(CN(C)C)cc1)OC. The fraction of sp³-hybridized carbons (Fsp3) is 0.538. The monoisotopic (exact) mass is 238 g/mol. The van der Waals surface area contributed by atoms with Crippen molar-refractivity contribution in [2.75, 3.05) is 40.2 Å². The maximum atomic E-state index is 5.11. The normalized spacial score (nSPS) is 11.2. The minimum Gasteiger partial charge on any atom is -0.380 e. The van der Waals surface area contributed by atoms with Gasteiger partial charge in [-0.15, -0.1) is 0 Å². The molecule has 0 bridgehead atoms. The topological polar surface area (TPSA) is 33.7 Å². The van der Waals surface area contributed by atoms with Crippen molar-refractivity contribution >= 4 is 5.69 Å². The second-order valence-corrected chi connectivity index (χ2v) is 4.22. The van der Waals surface area contributed by atoms with Gasteiger partial charge < -0.3 is 19.7 Å². The first-order chi connectivity index (χ1) is 8.15. The number of nitrogens with zero attached hydrogens (tertiary/aromatic N) is 1. The summed E-state index contributed by atoms with van der Waals surface area (Å²) in [5.41, 5.74) is 2.38. The molecule has 1 aromatic carbocycles. The molecular weight excluding hydrogens is 216 g/mol. The Labute approximate surface area is 104 Å². The van der Waals surface area contributed by atoms with Gasteiger partial charge >= 0.3 is 0 Å². The summed E-state index contributed by atoms with van der Waals surface area (Å²) in [6, 6.07) is 8.39. The van der Waals surface area contributed by atoms with E-state index in [9.17, 15) is 0 Å². The maximum absolute atomic E-state index is 5.11. The van der Waals surface area contributed by atoms with Gasteiger partial charge in [0.2, 0.25) is 0 Å². The number of ether oxygens (including phenoxy) is 2. The van der Waals surface area contributed by atoms with Crippen molar-refractivity contribution in [3.8, 4) is 0 Å². The molecule has 0 aliphatic carbocycles. The molecule has 17 heavy (non-hydrogen) atoms. The Balaban J connectivity index is 2.45. The van der Waals surface area contributed by atoms with Gasteiger partial charge in [0.1, 0.15) is 0 Å². The molecule has 0 heterocycles. The van der Waals surface area contributed by atoms with Gasteiger partial charge in [0.05, 0.1) is 6.54 Å². The van der Waals surface area contributed by atoms with Crippen LogP contribution in [0.2, 0.25) is 0 Å². The van der Waals surface area contributed by atoms with Crippen LogP contribution in [-0.2, 0) is 16.0 Å². The Morgan fingerprint density at radius 1 is 1.12 bits per heavy atom. The second-order valence-electron chi connectivity index (χ2n) is 4.22. The number of methoxy groups -OCH3 is 2. The van der Waals surface area contributed by atoms with Crippen LogP contribution in [-0.4, -0.2) is 46.0 Å². The van der Waals surface area contributed by atoms with E-state index >= 15 is 0 Å². The molecule has 1 N–H and O–H groups in total. The summed E-state index contributed by atoms with van der Waals surface area (Å²) in [5, 5.41) is 3.26. The van der Waals surface area contributed by atoms with Crippen molar-refractivity contribution in [3.05, 3.63) is 29.8 Å². The summed E-state index contributed by atoms with van der Waals surface area (Å²) in [6.07, 6.45) is -0.212. The van der Waals surface area contributed by atoms with Gasteiger partial charge in [-0.25, -0.2) is 0 Å². The van der Waals surface area contributed by atoms with Crippen LogP contribution in [0.1, 0.15) is 5.56 Å². The molecule has 0 radical (unpaired) electrons. The first kappa shape index (κ1) is 14.0. The molecule has 0 aromatic heterocycles. The number of hydrogen-bond acceptors (Lipinski definition) is 4. The van der Waals surface area contributed by atoms with Crippen LogP contribution in [0, 0.1) is 0 Å². The fourth-order valence-corrected chi connectivity index (χ4v) is 1.56. The summed E-state index contributed by atoms with van der Waals surface area (Å²) in [6.45, 7) is 1.60. The quantitative estimate of drug-likeness (QED) is 0.734. The Morgan fingerprint density at radius 3 is 2.18 bits per heavy atom. The predicted octanol–water partition coefficient (Wildman–Crippen LogP) is 1.78. The lowest BCUT2D eigenvalue weighted by Gasteiger charge is -2.15. The highest BCUT2D eigenvalue weighted by molar-refractivity contribution is 5.44. The zero-order valence-electron chi connectivity index (χ0n) is 11.1. The average molecular weight is 238 g/mol. The van der Waals surface area contributed by atoms with Crippen LogP contribution in [0.15, 0.2) is 24.3 Å². The van der Waals surface area contributed by atoms with Gasteiger partial charge in [0.15, 0.2) is 6.29 Å². The molecule has 1 aromatic rings. The molecule has 0 aliphatic rings. The third kappa shape index (κ3) is 5.17. The first-order valence-electron chi connectivity index (χ1n) is 5.69. The number of benzene rings is 1. The molecule has 0 unspecified atom stereocenters. The van der Waals surface area contributed by atoms with Crippen molar-refractivity contribution in [1.82, 2.24) is 4.90 Å². The van der Waals surface area contributed by atoms with Gasteiger partial charge in [0, 0.05) is 26.5 Å². The number of rotatable bonds is 7. The average Bonchev–Trinajstić information content (AvgIpc) is 2.32. The highest BCUT2D eigenvalue weighted by atomic mass is 16.7. The van der Waals surface area contributed by atoms with Crippen molar-refractivity contribution in [3.63, 3.8) is 0 Å². The van der Waals surface area contributed by atoms with E-state index in [0.717, 1.165) is 12.2 Å². The lowest BCUT2D eigenvalue weighted by Crippen LogP contribution is -2.23. The minimum atomic E-state index is -0.212. The molecule has 1 rings (SSSR count). The van der Waals surface area contributed by atoms with Gasteiger partial charge in [-0.2, -0.15) is 0 Å². The van der Waals surface area contributed by atoms with Crippen LogP contribution in [0.25, 0.3) is 0 Å². The van der Waals surface area contributed by atoms with E-state index in [4.69, 9.17) is 9.47 Å². The summed E-state index contributed by atoms with van der Waals surface area (Å²) >= 11 is 0.